The monoisotopic (exact) mass is 437 g/mol. The molecule has 1 N–H and O–H groups in total. The Morgan fingerprint density at radius 3 is 2.69 bits per heavy atom. The molecule has 1 unspecified atom stereocenters. The average Bonchev–Trinajstić information content (AvgIpc) is 3.40. The van der Waals surface area contributed by atoms with Crippen LogP contribution in [0.5, 0.6) is 0 Å². The Hall–Kier alpha value is -2.76. The van der Waals surface area contributed by atoms with Crippen molar-refractivity contribution in [2.24, 2.45) is 5.92 Å². The Labute approximate surface area is 191 Å². The largest absolute Gasteiger partial charge is 0.467 e. The molecule has 1 aromatic carbocycles. The maximum atomic E-state index is 13.2. The smallest absolute Gasteiger partial charge is 0.257 e. The molecule has 0 bridgehead atoms. The molecular weight excluding hydrogens is 402 g/mol. The molecule has 2 aromatic rings. The summed E-state index contributed by atoms with van der Waals surface area (Å²) in [6.07, 6.45) is 7.38. The highest BCUT2D eigenvalue weighted by Gasteiger charge is 2.31. The molecule has 4 rings (SSSR count). The molecule has 32 heavy (non-hydrogen) atoms. The molecule has 1 atom stereocenters. The van der Waals surface area contributed by atoms with Gasteiger partial charge in [0.1, 0.15) is 5.76 Å². The Morgan fingerprint density at radius 1 is 1.12 bits per heavy atom. The van der Waals surface area contributed by atoms with Crippen LogP contribution in [0.4, 0.5) is 5.69 Å². The van der Waals surface area contributed by atoms with Gasteiger partial charge >= 0.3 is 0 Å². The third-order valence-corrected chi connectivity index (χ3v) is 6.87. The first-order valence-corrected chi connectivity index (χ1v) is 12.1. The van der Waals surface area contributed by atoms with Crippen LogP contribution in [0, 0.1) is 5.92 Å². The van der Waals surface area contributed by atoms with E-state index in [9.17, 15) is 9.59 Å². The van der Waals surface area contributed by atoms with Gasteiger partial charge in [-0.1, -0.05) is 38.0 Å². The van der Waals surface area contributed by atoms with Gasteiger partial charge < -0.3 is 19.5 Å². The van der Waals surface area contributed by atoms with Gasteiger partial charge in [-0.05, 0) is 50.3 Å². The molecule has 0 aliphatic carbocycles. The number of unbranched alkanes of at least 4 members (excludes halogenated alkanes) is 2. The maximum Gasteiger partial charge on any atom is 0.257 e. The molecule has 1 aromatic heterocycles. The number of nitrogens with one attached hydrogen (secondary N) is 1. The van der Waals surface area contributed by atoms with Crippen molar-refractivity contribution < 1.29 is 14.0 Å². The molecule has 1 fully saturated rings. The van der Waals surface area contributed by atoms with Crippen molar-refractivity contribution in [1.82, 2.24) is 10.2 Å². The number of nitrogens with zero attached hydrogens (tertiary/aromatic N) is 2. The van der Waals surface area contributed by atoms with Crippen molar-refractivity contribution >= 4 is 17.5 Å². The van der Waals surface area contributed by atoms with Crippen molar-refractivity contribution in [2.45, 2.75) is 65.0 Å². The lowest BCUT2D eigenvalue weighted by atomic mass is 9.95. The van der Waals surface area contributed by atoms with Gasteiger partial charge in [0, 0.05) is 37.3 Å². The summed E-state index contributed by atoms with van der Waals surface area (Å²) in [5, 5.41) is 3.06. The molecule has 0 saturated carbocycles. The van der Waals surface area contributed by atoms with E-state index in [0.717, 1.165) is 45.1 Å². The van der Waals surface area contributed by atoms with Gasteiger partial charge in [0.05, 0.1) is 18.4 Å². The van der Waals surface area contributed by atoms with Gasteiger partial charge in [0.25, 0.3) is 5.91 Å². The lowest BCUT2D eigenvalue weighted by Gasteiger charge is -2.31. The fourth-order valence-corrected chi connectivity index (χ4v) is 4.92. The molecule has 6 heteroatoms. The first-order chi connectivity index (χ1) is 15.6. The highest BCUT2D eigenvalue weighted by Crippen LogP contribution is 2.34. The van der Waals surface area contributed by atoms with Crippen LogP contribution >= 0.6 is 0 Å². The van der Waals surface area contributed by atoms with E-state index in [-0.39, 0.29) is 17.7 Å². The zero-order valence-electron chi connectivity index (χ0n) is 19.3. The second-order valence-corrected chi connectivity index (χ2v) is 9.13. The van der Waals surface area contributed by atoms with E-state index >= 15 is 0 Å². The van der Waals surface area contributed by atoms with Gasteiger partial charge in [-0.2, -0.15) is 0 Å². The van der Waals surface area contributed by atoms with Crippen LogP contribution in [0.3, 0.4) is 0 Å². The summed E-state index contributed by atoms with van der Waals surface area (Å²) < 4.78 is 5.77. The van der Waals surface area contributed by atoms with Gasteiger partial charge in [0.2, 0.25) is 5.91 Å². The third-order valence-electron chi connectivity index (χ3n) is 6.87. The van der Waals surface area contributed by atoms with Gasteiger partial charge in [-0.15, -0.1) is 0 Å². The van der Waals surface area contributed by atoms with Crippen LogP contribution in [-0.4, -0.2) is 42.4 Å². The number of benzene rings is 1. The van der Waals surface area contributed by atoms with E-state index in [0.29, 0.717) is 37.0 Å². The van der Waals surface area contributed by atoms with Crippen molar-refractivity contribution in [3.63, 3.8) is 0 Å². The Balaban J connectivity index is 1.34. The maximum absolute atomic E-state index is 13.2. The van der Waals surface area contributed by atoms with Crippen LogP contribution < -0.4 is 10.2 Å². The molecule has 2 amide bonds. The molecule has 6 nitrogen and oxygen atoms in total. The standard InChI is InChI=1S/C26H35N3O3/c1-3-4-7-13-27-25(30)20-10-14-28(15-11-20)26(31)22-12-16-32-24(22)18-29-19(2)17-21-8-5-6-9-23(21)29/h5-6,8-9,12,16,19-20H,3-4,7,10-11,13-15,17-18H2,1-2H3,(H,27,30). The second kappa shape index (κ2) is 10.2. The predicted molar refractivity (Wildman–Crippen MR) is 126 cm³/mol. The van der Waals surface area contributed by atoms with Gasteiger partial charge in [-0.25, -0.2) is 0 Å². The van der Waals surface area contributed by atoms with Crippen molar-refractivity contribution in [2.75, 3.05) is 24.5 Å². The minimum Gasteiger partial charge on any atom is -0.467 e. The van der Waals surface area contributed by atoms with Gasteiger partial charge in [0.15, 0.2) is 0 Å². The molecule has 1 saturated heterocycles. The molecular formula is C26H35N3O3. The summed E-state index contributed by atoms with van der Waals surface area (Å²) in [4.78, 5) is 29.9. The van der Waals surface area contributed by atoms with Crippen LogP contribution in [-0.2, 0) is 17.8 Å². The zero-order valence-corrected chi connectivity index (χ0v) is 19.3. The third kappa shape index (κ3) is 4.84. The van der Waals surface area contributed by atoms with Gasteiger partial charge in [-0.3, -0.25) is 9.59 Å². The van der Waals surface area contributed by atoms with Crippen molar-refractivity contribution in [3.8, 4) is 0 Å². The summed E-state index contributed by atoms with van der Waals surface area (Å²) in [5.41, 5.74) is 3.21. The molecule has 0 spiro atoms. The Bertz CT molecular complexity index is 930. The minimum atomic E-state index is 0.00597. The van der Waals surface area contributed by atoms with E-state index < -0.39 is 0 Å². The lowest BCUT2D eigenvalue weighted by Crippen LogP contribution is -2.43. The highest BCUT2D eigenvalue weighted by atomic mass is 16.3. The number of fused-ring (bicyclic) bond motifs is 1. The van der Waals surface area contributed by atoms with Crippen molar-refractivity contribution in [3.05, 3.63) is 53.5 Å². The minimum absolute atomic E-state index is 0.00597. The van der Waals surface area contributed by atoms with Crippen molar-refractivity contribution in [1.29, 1.82) is 0 Å². The van der Waals surface area contributed by atoms with E-state index in [1.54, 1.807) is 12.3 Å². The number of rotatable bonds is 8. The number of para-hydroxylation sites is 1. The fourth-order valence-electron chi connectivity index (χ4n) is 4.92. The first kappa shape index (κ1) is 22.4. The summed E-state index contributed by atoms with van der Waals surface area (Å²) in [7, 11) is 0. The first-order valence-electron chi connectivity index (χ1n) is 12.1. The lowest BCUT2D eigenvalue weighted by molar-refractivity contribution is -0.126. The summed E-state index contributed by atoms with van der Waals surface area (Å²) >= 11 is 0. The van der Waals surface area contributed by atoms with E-state index in [1.165, 1.54) is 11.3 Å². The predicted octanol–water partition coefficient (Wildman–Crippen LogP) is 4.39. The van der Waals surface area contributed by atoms with Crippen LogP contribution in [0.15, 0.2) is 41.0 Å². The number of amides is 2. The molecule has 2 aliphatic heterocycles. The van der Waals surface area contributed by atoms with E-state index in [1.807, 2.05) is 4.90 Å². The SMILES string of the molecule is CCCCCNC(=O)C1CCN(C(=O)c2ccoc2CN2c3ccccc3CC2C)CC1. The number of likely N-dealkylation sites (tertiary alicyclic amines) is 1. The number of piperidine rings is 1. The quantitative estimate of drug-likeness (QED) is 0.622. The summed E-state index contributed by atoms with van der Waals surface area (Å²) in [6.45, 7) is 6.93. The molecule has 3 heterocycles. The number of hydrogen-bond acceptors (Lipinski definition) is 4. The Kier molecular flexibility index (Phi) is 7.18. The molecule has 172 valence electrons. The number of carbonyl (C=O) groups excluding carboxylic acids is 2. The van der Waals surface area contributed by atoms with Crippen LogP contribution in [0.2, 0.25) is 0 Å². The topological polar surface area (TPSA) is 65.8 Å². The normalized spacial score (nSPS) is 18.6. The number of anilines is 1. The Morgan fingerprint density at radius 2 is 1.91 bits per heavy atom. The number of carbonyl (C=O) groups is 2. The summed E-state index contributed by atoms with van der Waals surface area (Å²) in [6, 6.07) is 10.6. The van der Waals surface area contributed by atoms with E-state index in [2.05, 4.69) is 48.3 Å². The zero-order chi connectivity index (χ0) is 22.5. The average molecular weight is 438 g/mol. The second-order valence-electron chi connectivity index (χ2n) is 9.13. The van der Waals surface area contributed by atoms with E-state index in [4.69, 9.17) is 4.42 Å². The summed E-state index contributed by atoms with van der Waals surface area (Å²) in [5.74, 6) is 0.871. The van der Waals surface area contributed by atoms with Crippen LogP contribution in [0.1, 0.15) is 67.6 Å². The molecule has 2 aliphatic rings. The highest BCUT2D eigenvalue weighted by molar-refractivity contribution is 5.95. The number of hydrogen-bond donors (Lipinski definition) is 1. The fraction of sp³-hybridized carbons (Fsp3) is 0.538. The van der Waals surface area contributed by atoms with Crippen LogP contribution in [0.25, 0.3) is 0 Å². The molecule has 0 radical (unpaired) electrons. The number of furan rings is 1.